The summed E-state index contributed by atoms with van der Waals surface area (Å²) in [5.74, 6) is -0.785. The number of para-hydroxylation sites is 1. The van der Waals surface area contributed by atoms with E-state index in [0.717, 1.165) is 15.4 Å². The molecule has 0 bridgehead atoms. The summed E-state index contributed by atoms with van der Waals surface area (Å²) in [4.78, 5) is 28.1. The summed E-state index contributed by atoms with van der Waals surface area (Å²) in [5.41, 5.74) is 2.13. The molecule has 190 valence electrons. The molecule has 1 atom stereocenters. The molecule has 0 aliphatic heterocycles. The van der Waals surface area contributed by atoms with Crippen molar-refractivity contribution in [1.82, 2.24) is 10.2 Å². The van der Waals surface area contributed by atoms with Crippen LogP contribution in [0, 0.1) is 6.92 Å². The highest BCUT2D eigenvalue weighted by atomic mass is 32.2. The van der Waals surface area contributed by atoms with E-state index in [-0.39, 0.29) is 23.4 Å². The molecule has 0 spiro atoms. The van der Waals surface area contributed by atoms with E-state index in [1.54, 1.807) is 49.4 Å². The second-order valence-electron chi connectivity index (χ2n) is 9.01. The number of aryl methyl sites for hydroxylation is 1. The van der Waals surface area contributed by atoms with Gasteiger partial charge in [-0.1, -0.05) is 66.2 Å². The minimum absolute atomic E-state index is 0.0879. The molecular weight excluding hydrogens is 474 g/mol. The second-order valence-corrected chi connectivity index (χ2v) is 10.9. The molecule has 0 radical (unpaired) electrons. The topological polar surface area (TPSA) is 86.8 Å². The largest absolute Gasteiger partial charge is 0.352 e. The van der Waals surface area contributed by atoms with Gasteiger partial charge in [0.1, 0.15) is 12.6 Å². The minimum atomic E-state index is -4.05. The Labute approximate surface area is 213 Å². The summed E-state index contributed by atoms with van der Waals surface area (Å²) >= 11 is 0. The van der Waals surface area contributed by atoms with Crippen molar-refractivity contribution in [2.75, 3.05) is 10.8 Å². The van der Waals surface area contributed by atoms with E-state index in [2.05, 4.69) is 5.32 Å². The molecule has 3 rings (SSSR count). The van der Waals surface area contributed by atoms with E-state index in [1.807, 2.05) is 51.1 Å². The van der Waals surface area contributed by atoms with Gasteiger partial charge in [0, 0.05) is 12.6 Å². The van der Waals surface area contributed by atoms with Gasteiger partial charge in [0.25, 0.3) is 10.0 Å². The van der Waals surface area contributed by atoms with Gasteiger partial charge in [0.15, 0.2) is 0 Å². The smallest absolute Gasteiger partial charge is 0.264 e. The van der Waals surface area contributed by atoms with Gasteiger partial charge in [-0.15, -0.1) is 0 Å². The third-order valence-corrected chi connectivity index (χ3v) is 7.51. The lowest BCUT2D eigenvalue weighted by Crippen LogP contribution is -2.52. The number of carbonyl (C=O) groups excluding carboxylic acids is 2. The summed E-state index contributed by atoms with van der Waals surface area (Å²) < 4.78 is 28.5. The Bertz CT molecular complexity index is 1260. The number of hydrogen-bond acceptors (Lipinski definition) is 4. The average molecular weight is 508 g/mol. The zero-order valence-electron chi connectivity index (χ0n) is 21.1. The molecule has 2 amide bonds. The Morgan fingerprint density at radius 1 is 0.833 bits per heavy atom. The molecule has 8 heteroatoms. The first-order valence-electron chi connectivity index (χ1n) is 11.9. The lowest BCUT2D eigenvalue weighted by atomic mass is 10.1. The number of carbonyl (C=O) groups is 2. The van der Waals surface area contributed by atoms with Gasteiger partial charge in [-0.2, -0.15) is 0 Å². The summed E-state index contributed by atoms with van der Waals surface area (Å²) in [6.45, 7) is 6.93. The third-order valence-electron chi connectivity index (χ3n) is 5.73. The fourth-order valence-electron chi connectivity index (χ4n) is 3.73. The van der Waals surface area contributed by atoms with E-state index < -0.39 is 28.5 Å². The van der Waals surface area contributed by atoms with Gasteiger partial charge in [-0.25, -0.2) is 8.42 Å². The Morgan fingerprint density at radius 2 is 1.39 bits per heavy atom. The summed E-state index contributed by atoms with van der Waals surface area (Å²) in [6, 6.07) is 23.4. The van der Waals surface area contributed by atoms with Crippen LogP contribution in [-0.4, -0.2) is 43.8 Å². The average Bonchev–Trinajstić information content (AvgIpc) is 2.86. The van der Waals surface area contributed by atoms with Crippen molar-refractivity contribution in [2.45, 2.75) is 51.2 Å². The van der Waals surface area contributed by atoms with E-state index in [9.17, 15) is 18.0 Å². The molecule has 3 aromatic rings. The number of sulfonamides is 1. The van der Waals surface area contributed by atoms with Crippen LogP contribution in [0.5, 0.6) is 0 Å². The molecular formula is C28H33N3O4S. The van der Waals surface area contributed by atoms with Crippen LogP contribution in [0.2, 0.25) is 0 Å². The summed E-state index contributed by atoms with van der Waals surface area (Å²) in [5, 5.41) is 2.85. The van der Waals surface area contributed by atoms with Gasteiger partial charge >= 0.3 is 0 Å². The molecule has 0 aromatic heterocycles. The Kier molecular flexibility index (Phi) is 8.88. The van der Waals surface area contributed by atoms with Gasteiger partial charge in [-0.05, 0) is 57.5 Å². The van der Waals surface area contributed by atoms with Crippen LogP contribution in [-0.2, 0) is 26.2 Å². The predicted octanol–water partition coefficient (Wildman–Crippen LogP) is 4.13. The molecule has 1 N–H and O–H groups in total. The zero-order valence-corrected chi connectivity index (χ0v) is 21.9. The van der Waals surface area contributed by atoms with Crippen LogP contribution in [0.3, 0.4) is 0 Å². The van der Waals surface area contributed by atoms with E-state index in [1.165, 1.54) is 17.0 Å². The zero-order chi connectivity index (χ0) is 26.3. The molecule has 3 aromatic carbocycles. The van der Waals surface area contributed by atoms with Gasteiger partial charge in [0.2, 0.25) is 11.8 Å². The monoisotopic (exact) mass is 507 g/mol. The van der Waals surface area contributed by atoms with Gasteiger partial charge < -0.3 is 10.2 Å². The van der Waals surface area contributed by atoms with Crippen molar-refractivity contribution in [2.24, 2.45) is 0 Å². The quantitative estimate of drug-likeness (QED) is 0.447. The fourth-order valence-corrected chi connectivity index (χ4v) is 5.14. The number of hydrogen-bond donors (Lipinski definition) is 1. The minimum Gasteiger partial charge on any atom is -0.352 e. The lowest BCUT2D eigenvalue weighted by molar-refractivity contribution is -0.139. The first kappa shape index (κ1) is 26.9. The van der Waals surface area contributed by atoms with Crippen molar-refractivity contribution in [3.63, 3.8) is 0 Å². The lowest BCUT2D eigenvalue weighted by Gasteiger charge is -2.32. The predicted molar refractivity (Wildman–Crippen MR) is 142 cm³/mol. The van der Waals surface area contributed by atoms with Crippen LogP contribution < -0.4 is 9.62 Å². The van der Waals surface area contributed by atoms with E-state index in [4.69, 9.17) is 0 Å². The highest BCUT2D eigenvalue weighted by Crippen LogP contribution is 2.24. The fraction of sp³-hybridized carbons (Fsp3) is 0.286. The molecule has 36 heavy (non-hydrogen) atoms. The van der Waals surface area contributed by atoms with Crippen LogP contribution in [0.4, 0.5) is 5.69 Å². The second kappa shape index (κ2) is 11.9. The number of anilines is 1. The molecule has 7 nitrogen and oxygen atoms in total. The van der Waals surface area contributed by atoms with Crippen molar-refractivity contribution in [3.05, 3.63) is 96.1 Å². The number of benzene rings is 3. The van der Waals surface area contributed by atoms with Crippen LogP contribution in [0.1, 0.15) is 31.9 Å². The maximum absolute atomic E-state index is 13.7. The Hall–Kier alpha value is -3.65. The van der Waals surface area contributed by atoms with Crippen molar-refractivity contribution in [1.29, 1.82) is 0 Å². The molecule has 0 unspecified atom stereocenters. The molecule has 0 fully saturated rings. The van der Waals surface area contributed by atoms with Crippen LogP contribution >= 0.6 is 0 Å². The van der Waals surface area contributed by atoms with Crippen molar-refractivity contribution in [3.8, 4) is 0 Å². The molecule has 0 saturated heterocycles. The molecule has 0 saturated carbocycles. The summed E-state index contributed by atoms with van der Waals surface area (Å²) in [7, 11) is -4.05. The number of rotatable bonds is 10. The molecule has 0 aliphatic rings. The normalized spacial score (nSPS) is 12.1. The molecule has 0 heterocycles. The highest BCUT2D eigenvalue weighted by Gasteiger charge is 2.32. The maximum Gasteiger partial charge on any atom is 0.264 e. The van der Waals surface area contributed by atoms with Crippen LogP contribution in [0.25, 0.3) is 0 Å². The Morgan fingerprint density at radius 3 is 1.94 bits per heavy atom. The SMILES string of the molecule is Cc1ccc(S(=O)(=O)N(CC(=O)N(Cc2ccccc2)[C@@H](C)C(=O)NC(C)C)c2ccccc2)cc1. The summed E-state index contributed by atoms with van der Waals surface area (Å²) in [6.07, 6.45) is 0. The van der Waals surface area contributed by atoms with E-state index in [0.29, 0.717) is 5.69 Å². The third kappa shape index (κ3) is 6.73. The maximum atomic E-state index is 13.7. The number of nitrogens with zero attached hydrogens (tertiary/aromatic N) is 2. The van der Waals surface area contributed by atoms with Crippen LogP contribution in [0.15, 0.2) is 89.8 Å². The Balaban J connectivity index is 1.99. The number of nitrogens with one attached hydrogen (secondary N) is 1. The number of amides is 2. The standard InChI is InChI=1S/C28H33N3O4S/c1-21(2)29-28(33)23(4)30(19-24-11-7-5-8-12-24)27(32)20-31(25-13-9-6-10-14-25)36(34,35)26-17-15-22(3)16-18-26/h5-18,21,23H,19-20H2,1-4H3,(H,29,33)/t23-/m0/s1. The first-order valence-corrected chi connectivity index (χ1v) is 13.3. The highest BCUT2D eigenvalue weighted by molar-refractivity contribution is 7.92. The van der Waals surface area contributed by atoms with E-state index >= 15 is 0 Å². The van der Waals surface area contributed by atoms with Gasteiger partial charge in [-0.3, -0.25) is 13.9 Å². The first-order chi connectivity index (χ1) is 17.1. The molecule has 0 aliphatic carbocycles. The van der Waals surface area contributed by atoms with Crippen molar-refractivity contribution >= 4 is 27.5 Å². The van der Waals surface area contributed by atoms with Gasteiger partial charge in [0.05, 0.1) is 10.6 Å². The van der Waals surface area contributed by atoms with Crippen molar-refractivity contribution < 1.29 is 18.0 Å².